The molecule has 0 bridgehead atoms. The van der Waals surface area contributed by atoms with Gasteiger partial charge in [0.2, 0.25) is 0 Å². The number of fused-ring (bicyclic) bond motifs is 1. The molecular weight excluding hydrogens is 235 g/mol. The van der Waals surface area contributed by atoms with Crippen LogP contribution in [0.3, 0.4) is 0 Å². The number of hydrogen-bond donors (Lipinski definition) is 0. The van der Waals surface area contributed by atoms with Gasteiger partial charge in [-0.1, -0.05) is 72.8 Å². The molecule has 0 amide bonds. The number of halogens is 1. The van der Waals surface area contributed by atoms with E-state index in [1.54, 1.807) is 18.2 Å². The molecule has 0 saturated heterocycles. The number of benzene rings is 3. The first-order valence-corrected chi connectivity index (χ1v) is 6.25. The van der Waals surface area contributed by atoms with Crippen LogP contribution in [0.2, 0.25) is 0 Å². The fourth-order valence-corrected chi connectivity index (χ4v) is 2.19. The quantitative estimate of drug-likeness (QED) is 0.539. The molecule has 0 fully saturated rings. The lowest BCUT2D eigenvalue weighted by atomic mass is 10.0. The zero-order valence-electron chi connectivity index (χ0n) is 10.4. The number of rotatable bonds is 2. The largest absolute Gasteiger partial charge is 0.206 e. The first-order valence-electron chi connectivity index (χ1n) is 6.25. The molecule has 0 nitrogen and oxygen atoms in total. The SMILES string of the molecule is F/C(=C\c1cccc2ccccc12)c1ccccc1. The van der Waals surface area contributed by atoms with Gasteiger partial charge in [-0.25, -0.2) is 4.39 Å². The standard InChI is InChI=1S/C18H13F/c19-18(15-8-2-1-3-9-15)13-16-11-6-10-14-7-4-5-12-17(14)16/h1-13H/b18-13-. The van der Waals surface area contributed by atoms with Gasteiger partial charge in [0.1, 0.15) is 5.83 Å². The van der Waals surface area contributed by atoms with Gasteiger partial charge in [0.05, 0.1) is 0 Å². The van der Waals surface area contributed by atoms with Crippen LogP contribution in [-0.4, -0.2) is 0 Å². The van der Waals surface area contributed by atoms with E-state index in [1.807, 2.05) is 60.7 Å². The van der Waals surface area contributed by atoms with Crippen molar-refractivity contribution in [2.45, 2.75) is 0 Å². The molecule has 92 valence electrons. The Bertz CT molecular complexity index is 722. The molecule has 0 aliphatic heterocycles. The zero-order valence-corrected chi connectivity index (χ0v) is 10.4. The molecule has 3 aromatic carbocycles. The van der Waals surface area contributed by atoms with Crippen LogP contribution in [0, 0.1) is 0 Å². The molecule has 0 aliphatic carbocycles. The highest BCUT2D eigenvalue weighted by Crippen LogP contribution is 2.24. The van der Waals surface area contributed by atoms with E-state index in [2.05, 4.69) is 0 Å². The third-order valence-corrected chi connectivity index (χ3v) is 3.16. The highest BCUT2D eigenvalue weighted by Gasteiger charge is 2.02. The van der Waals surface area contributed by atoms with E-state index < -0.39 is 0 Å². The summed E-state index contributed by atoms with van der Waals surface area (Å²) in [6.07, 6.45) is 1.59. The summed E-state index contributed by atoms with van der Waals surface area (Å²) in [5.41, 5.74) is 1.51. The van der Waals surface area contributed by atoms with E-state index in [0.717, 1.165) is 16.3 Å². The summed E-state index contributed by atoms with van der Waals surface area (Å²) in [6.45, 7) is 0. The van der Waals surface area contributed by atoms with Crippen LogP contribution < -0.4 is 0 Å². The van der Waals surface area contributed by atoms with Crippen molar-refractivity contribution in [1.29, 1.82) is 0 Å². The van der Waals surface area contributed by atoms with Crippen LogP contribution >= 0.6 is 0 Å². The Labute approximate surface area is 111 Å². The maximum atomic E-state index is 14.2. The van der Waals surface area contributed by atoms with Crippen molar-refractivity contribution in [1.82, 2.24) is 0 Å². The van der Waals surface area contributed by atoms with Crippen LogP contribution in [0.5, 0.6) is 0 Å². The molecule has 19 heavy (non-hydrogen) atoms. The van der Waals surface area contributed by atoms with Gasteiger partial charge in [0.15, 0.2) is 0 Å². The summed E-state index contributed by atoms with van der Waals surface area (Å²) in [4.78, 5) is 0. The van der Waals surface area contributed by atoms with Gasteiger partial charge in [-0.05, 0) is 22.4 Å². The smallest absolute Gasteiger partial charge is 0.131 e. The highest BCUT2D eigenvalue weighted by atomic mass is 19.1. The molecule has 0 unspecified atom stereocenters. The van der Waals surface area contributed by atoms with E-state index >= 15 is 0 Å². The van der Waals surface area contributed by atoms with E-state index in [4.69, 9.17) is 0 Å². The van der Waals surface area contributed by atoms with Crippen LogP contribution in [0.4, 0.5) is 4.39 Å². The second-order valence-electron chi connectivity index (χ2n) is 4.43. The molecule has 0 atom stereocenters. The molecule has 0 saturated carbocycles. The minimum Gasteiger partial charge on any atom is -0.206 e. The molecule has 1 heteroatoms. The first-order chi connectivity index (χ1) is 9.34. The minimum atomic E-state index is -0.211. The van der Waals surface area contributed by atoms with Gasteiger partial charge >= 0.3 is 0 Å². The molecule has 0 heterocycles. The molecule has 0 aromatic heterocycles. The van der Waals surface area contributed by atoms with Crippen LogP contribution in [0.15, 0.2) is 72.8 Å². The van der Waals surface area contributed by atoms with Gasteiger partial charge in [-0.15, -0.1) is 0 Å². The van der Waals surface area contributed by atoms with Gasteiger partial charge in [0, 0.05) is 5.56 Å². The van der Waals surface area contributed by atoms with Crippen molar-refractivity contribution in [2.24, 2.45) is 0 Å². The predicted octanol–water partition coefficient (Wildman–Crippen LogP) is 5.31. The summed E-state index contributed by atoms with van der Waals surface area (Å²) in [6, 6.07) is 23.0. The monoisotopic (exact) mass is 248 g/mol. The Balaban J connectivity index is 2.11. The Morgan fingerprint density at radius 2 is 1.42 bits per heavy atom. The molecule has 0 aliphatic rings. The topological polar surface area (TPSA) is 0 Å². The third kappa shape index (κ3) is 2.41. The van der Waals surface area contributed by atoms with Crippen molar-refractivity contribution in [2.75, 3.05) is 0 Å². The lowest BCUT2D eigenvalue weighted by Gasteiger charge is -2.03. The average Bonchev–Trinajstić information content (AvgIpc) is 2.48. The lowest BCUT2D eigenvalue weighted by molar-refractivity contribution is 0.765. The maximum absolute atomic E-state index is 14.2. The van der Waals surface area contributed by atoms with Crippen molar-refractivity contribution in [3.63, 3.8) is 0 Å². The predicted molar refractivity (Wildman–Crippen MR) is 79.4 cm³/mol. The Hall–Kier alpha value is -2.41. The van der Waals surface area contributed by atoms with Crippen molar-refractivity contribution in [3.8, 4) is 0 Å². The van der Waals surface area contributed by atoms with Crippen molar-refractivity contribution < 1.29 is 4.39 Å². The summed E-state index contributed by atoms with van der Waals surface area (Å²) in [5.74, 6) is -0.211. The maximum Gasteiger partial charge on any atom is 0.131 e. The highest BCUT2D eigenvalue weighted by molar-refractivity contribution is 5.94. The summed E-state index contributed by atoms with van der Waals surface area (Å²) in [5, 5.41) is 2.19. The fourth-order valence-electron chi connectivity index (χ4n) is 2.19. The molecule has 0 radical (unpaired) electrons. The van der Waals surface area contributed by atoms with Gasteiger partial charge < -0.3 is 0 Å². The Kier molecular flexibility index (Phi) is 3.11. The van der Waals surface area contributed by atoms with Crippen LogP contribution in [0.1, 0.15) is 11.1 Å². The first kappa shape index (κ1) is 11.7. The Morgan fingerprint density at radius 3 is 2.26 bits per heavy atom. The van der Waals surface area contributed by atoms with Crippen molar-refractivity contribution >= 4 is 22.7 Å². The second kappa shape index (κ2) is 5.07. The molecule has 3 rings (SSSR count). The summed E-state index contributed by atoms with van der Waals surface area (Å²) >= 11 is 0. The number of hydrogen-bond acceptors (Lipinski definition) is 0. The van der Waals surface area contributed by atoms with Gasteiger partial charge in [-0.2, -0.15) is 0 Å². The van der Waals surface area contributed by atoms with Crippen LogP contribution in [0.25, 0.3) is 22.7 Å². The summed E-state index contributed by atoms with van der Waals surface area (Å²) in [7, 11) is 0. The van der Waals surface area contributed by atoms with E-state index in [9.17, 15) is 4.39 Å². The molecule has 0 N–H and O–H groups in total. The van der Waals surface area contributed by atoms with E-state index in [0.29, 0.717) is 5.56 Å². The normalized spacial score (nSPS) is 11.7. The average molecular weight is 248 g/mol. The van der Waals surface area contributed by atoms with E-state index in [1.165, 1.54) is 0 Å². The van der Waals surface area contributed by atoms with Crippen LogP contribution in [-0.2, 0) is 0 Å². The lowest BCUT2D eigenvalue weighted by Crippen LogP contribution is -1.80. The zero-order chi connectivity index (χ0) is 13.1. The molecule has 3 aromatic rings. The third-order valence-electron chi connectivity index (χ3n) is 3.16. The van der Waals surface area contributed by atoms with Gasteiger partial charge in [-0.3, -0.25) is 0 Å². The fraction of sp³-hybridized carbons (Fsp3) is 0. The molecule has 0 spiro atoms. The van der Waals surface area contributed by atoms with Crippen molar-refractivity contribution in [3.05, 3.63) is 83.9 Å². The van der Waals surface area contributed by atoms with Gasteiger partial charge in [0.25, 0.3) is 0 Å². The summed E-state index contributed by atoms with van der Waals surface area (Å²) < 4.78 is 14.2. The second-order valence-corrected chi connectivity index (χ2v) is 4.43. The van der Waals surface area contributed by atoms with E-state index in [-0.39, 0.29) is 5.83 Å². The minimum absolute atomic E-state index is 0.211. The molecular formula is C18H13F. The Morgan fingerprint density at radius 1 is 0.737 bits per heavy atom.